The van der Waals surface area contributed by atoms with E-state index >= 15 is 0 Å². The number of hydrogen-bond donors (Lipinski definition) is 0. The van der Waals surface area contributed by atoms with Gasteiger partial charge < -0.3 is 14.2 Å². The monoisotopic (exact) mass is 618 g/mol. The fourth-order valence-electron chi connectivity index (χ4n) is 5.93. The molecule has 2 amide bonds. The van der Waals surface area contributed by atoms with Crippen LogP contribution in [-0.4, -0.2) is 85.8 Å². The Morgan fingerprint density at radius 2 is 1.64 bits per heavy atom. The minimum Gasteiger partial charge on any atom is -0.443 e. The molecular weight excluding hydrogens is 572 g/mol. The van der Waals surface area contributed by atoms with Gasteiger partial charge in [-0.25, -0.2) is 19.5 Å². The molecule has 3 aromatic rings. The largest absolute Gasteiger partial charge is 0.443 e. The maximum atomic E-state index is 13.0. The van der Waals surface area contributed by atoms with Gasteiger partial charge in [0.15, 0.2) is 0 Å². The van der Waals surface area contributed by atoms with Crippen LogP contribution in [0.2, 0.25) is 0 Å². The second kappa shape index (κ2) is 12.3. The molecule has 2 aliphatic carbocycles. The lowest BCUT2D eigenvalue weighted by Gasteiger charge is -2.38. The molecule has 3 aliphatic rings. The lowest BCUT2D eigenvalue weighted by Crippen LogP contribution is -2.47. The lowest BCUT2D eigenvalue weighted by atomic mass is 9.80. The average Bonchev–Trinajstić information content (AvgIpc) is 3.69. The summed E-state index contributed by atoms with van der Waals surface area (Å²) in [5.41, 5.74) is 4.52. The quantitative estimate of drug-likeness (QED) is 0.300. The molecule has 2 aromatic heterocycles. The van der Waals surface area contributed by atoms with E-state index in [0.29, 0.717) is 5.92 Å². The van der Waals surface area contributed by atoms with E-state index in [1.54, 1.807) is 41.5 Å². The molecule has 45 heavy (non-hydrogen) atoms. The number of carbonyl (C=O) groups is 2. The summed E-state index contributed by atoms with van der Waals surface area (Å²) in [4.78, 5) is 39.3. The van der Waals surface area contributed by atoms with Crippen molar-refractivity contribution < 1.29 is 23.8 Å². The van der Waals surface area contributed by atoms with Crippen molar-refractivity contribution in [1.82, 2.24) is 29.5 Å². The van der Waals surface area contributed by atoms with E-state index in [0.717, 1.165) is 91.4 Å². The molecule has 1 aliphatic heterocycles. The molecule has 2 saturated carbocycles. The molecule has 3 fully saturated rings. The Bertz CT molecular complexity index is 1510. The second-order valence-corrected chi connectivity index (χ2v) is 14.7. The van der Waals surface area contributed by atoms with Gasteiger partial charge in [-0.15, -0.1) is 0 Å². The van der Waals surface area contributed by atoms with E-state index in [-0.39, 0.29) is 18.5 Å². The molecule has 11 heteroatoms. The zero-order valence-corrected chi connectivity index (χ0v) is 27.4. The number of carbonyl (C=O) groups excluding carboxylic acids is 2. The van der Waals surface area contributed by atoms with Crippen LogP contribution in [-0.2, 0) is 20.8 Å². The van der Waals surface area contributed by atoms with Crippen LogP contribution < -0.4 is 0 Å². The number of benzene rings is 1. The van der Waals surface area contributed by atoms with E-state index < -0.39 is 23.4 Å². The molecule has 3 heterocycles. The SMILES string of the molecule is CC(C)(C)OC(=O)N(CC1CC(n2cc(-c3cnc4ccc(CN5CCOCC5)cc4n3)c(C3CC3)n2)C1)C(=O)OC(C)(C)C. The van der Waals surface area contributed by atoms with Crippen molar-refractivity contribution in [3.63, 3.8) is 0 Å². The highest BCUT2D eigenvalue weighted by Crippen LogP contribution is 2.45. The molecule has 0 spiro atoms. The lowest BCUT2D eigenvalue weighted by molar-refractivity contribution is -0.00642. The van der Waals surface area contributed by atoms with E-state index in [1.165, 1.54) is 5.56 Å². The van der Waals surface area contributed by atoms with Gasteiger partial charge in [0.2, 0.25) is 0 Å². The summed E-state index contributed by atoms with van der Waals surface area (Å²) in [7, 11) is 0. The standard InChI is InChI=1S/C34H46N6O5/c1-33(2,3)44-31(41)39(32(42)45-34(4,5)6)20-23-15-25(16-23)40-21-26(30(37-40)24-8-9-24)29-18-35-27-10-7-22(17-28(27)36-29)19-38-11-13-43-14-12-38/h7,10,17-18,21,23-25H,8-9,11-16,19-20H2,1-6H3. The zero-order valence-electron chi connectivity index (χ0n) is 27.4. The third kappa shape index (κ3) is 7.81. The molecule has 6 rings (SSSR count). The van der Waals surface area contributed by atoms with Crippen LogP contribution in [0.15, 0.2) is 30.6 Å². The first kappa shape index (κ1) is 31.4. The first-order chi connectivity index (χ1) is 21.3. The molecule has 0 bridgehead atoms. The third-order valence-electron chi connectivity index (χ3n) is 8.37. The van der Waals surface area contributed by atoms with Crippen molar-refractivity contribution in [2.75, 3.05) is 32.8 Å². The van der Waals surface area contributed by atoms with Gasteiger partial charge in [0.25, 0.3) is 0 Å². The first-order valence-corrected chi connectivity index (χ1v) is 16.2. The number of nitrogens with zero attached hydrogens (tertiary/aromatic N) is 6. The van der Waals surface area contributed by atoms with Crippen LogP contribution in [0.25, 0.3) is 22.3 Å². The number of ether oxygens (including phenoxy) is 3. The number of amides is 2. The van der Waals surface area contributed by atoms with Crippen molar-refractivity contribution in [1.29, 1.82) is 0 Å². The van der Waals surface area contributed by atoms with Crippen molar-refractivity contribution in [3.8, 4) is 11.3 Å². The molecule has 1 saturated heterocycles. The fraction of sp³-hybridized carbons (Fsp3) is 0.618. The van der Waals surface area contributed by atoms with Crippen LogP contribution in [0.3, 0.4) is 0 Å². The molecule has 0 radical (unpaired) electrons. The molecule has 0 atom stereocenters. The number of hydrogen-bond acceptors (Lipinski definition) is 9. The fourth-order valence-corrected chi connectivity index (χ4v) is 5.93. The molecule has 1 aromatic carbocycles. The highest BCUT2D eigenvalue weighted by molar-refractivity contribution is 5.88. The minimum absolute atomic E-state index is 0.123. The minimum atomic E-state index is -0.722. The van der Waals surface area contributed by atoms with Crippen LogP contribution in [0, 0.1) is 5.92 Å². The maximum absolute atomic E-state index is 13.0. The summed E-state index contributed by atoms with van der Waals surface area (Å²) < 4.78 is 18.6. The van der Waals surface area contributed by atoms with Gasteiger partial charge in [-0.05, 0) is 90.8 Å². The summed E-state index contributed by atoms with van der Waals surface area (Å²) in [6.07, 6.45) is 6.46. The van der Waals surface area contributed by atoms with E-state index in [4.69, 9.17) is 29.3 Å². The maximum Gasteiger partial charge on any atom is 0.419 e. The summed E-state index contributed by atoms with van der Waals surface area (Å²) in [5.74, 6) is 0.564. The Hall–Kier alpha value is -3.57. The van der Waals surface area contributed by atoms with Crippen LogP contribution in [0.1, 0.15) is 90.4 Å². The van der Waals surface area contributed by atoms with Gasteiger partial charge >= 0.3 is 12.2 Å². The Morgan fingerprint density at radius 3 is 2.27 bits per heavy atom. The zero-order chi connectivity index (χ0) is 31.9. The van der Waals surface area contributed by atoms with Gasteiger partial charge in [-0.1, -0.05) is 6.07 Å². The molecule has 0 N–H and O–H groups in total. The Labute approximate surface area is 265 Å². The number of imide groups is 1. The summed E-state index contributed by atoms with van der Waals surface area (Å²) in [6, 6.07) is 6.52. The topological polar surface area (TPSA) is 112 Å². The Balaban J connectivity index is 1.17. The number of fused-ring (bicyclic) bond motifs is 1. The van der Waals surface area contributed by atoms with Crippen molar-refractivity contribution >= 4 is 23.2 Å². The molecule has 242 valence electrons. The highest BCUT2D eigenvalue weighted by atomic mass is 16.6. The van der Waals surface area contributed by atoms with Gasteiger partial charge in [0, 0.05) is 43.9 Å². The highest BCUT2D eigenvalue weighted by Gasteiger charge is 2.39. The third-order valence-corrected chi connectivity index (χ3v) is 8.37. The summed E-state index contributed by atoms with van der Waals surface area (Å²) in [6.45, 7) is 15.3. The molecule has 0 unspecified atom stereocenters. The van der Waals surface area contributed by atoms with Crippen molar-refractivity contribution in [2.24, 2.45) is 5.92 Å². The molecule has 11 nitrogen and oxygen atoms in total. The van der Waals surface area contributed by atoms with Crippen LogP contribution >= 0.6 is 0 Å². The van der Waals surface area contributed by atoms with E-state index in [2.05, 4.69) is 34.0 Å². The van der Waals surface area contributed by atoms with Crippen molar-refractivity contribution in [2.45, 2.75) is 96.9 Å². The number of rotatable bonds is 7. The summed E-state index contributed by atoms with van der Waals surface area (Å²) in [5, 5.41) is 5.06. The van der Waals surface area contributed by atoms with Crippen LogP contribution in [0.4, 0.5) is 9.59 Å². The van der Waals surface area contributed by atoms with E-state index in [9.17, 15) is 9.59 Å². The van der Waals surface area contributed by atoms with Crippen molar-refractivity contribution in [3.05, 3.63) is 41.9 Å². The van der Waals surface area contributed by atoms with Gasteiger partial charge in [0.1, 0.15) is 11.2 Å². The Morgan fingerprint density at radius 1 is 0.978 bits per heavy atom. The van der Waals surface area contributed by atoms with E-state index in [1.807, 2.05) is 6.20 Å². The summed E-state index contributed by atoms with van der Waals surface area (Å²) >= 11 is 0. The predicted molar refractivity (Wildman–Crippen MR) is 170 cm³/mol. The van der Waals surface area contributed by atoms with Crippen LogP contribution in [0.5, 0.6) is 0 Å². The molecular formula is C34H46N6O5. The average molecular weight is 619 g/mol. The predicted octanol–water partition coefficient (Wildman–Crippen LogP) is 6.33. The van der Waals surface area contributed by atoms with Gasteiger partial charge in [0.05, 0.1) is 47.9 Å². The van der Waals surface area contributed by atoms with Gasteiger partial charge in [-0.3, -0.25) is 14.6 Å². The first-order valence-electron chi connectivity index (χ1n) is 16.2. The van der Waals surface area contributed by atoms with Gasteiger partial charge in [-0.2, -0.15) is 5.10 Å². The Kier molecular flexibility index (Phi) is 8.60. The smallest absolute Gasteiger partial charge is 0.419 e. The number of morpholine rings is 1. The number of aromatic nitrogens is 4. The second-order valence-electron chi connectivity index (χ2n) is 14.7. The normalized spacial score (nSPS) is 20.9.